The fourth-order valence-corrected chi connectivity index (χ4v) is 9.27. The highest BCUT2D eigenvalue weighted by Crippen LogP contribution is 2.22. The van der Waals surface area contributed by atoms with E-state index in [-0.39, 0.29) is 64.1 Å². The molecule has 0 spiro atoms. The minimum atomic E-state index is -1.67. The number of carboxylic acid groups (broad SMARTS) is 2. The van der Waals surface area contributed by atoms with Gasteiger partial charge < -0.3 is 89.8 Å². The normalized spacial score (nSPS) is 17.6. The average molecular weight is 1170 g/mol. The molecular weight excluding hydrogens is 1090 g/mol. The average Bonchev–Trinajstić information content (AvgIpc) is 4.51. The molecule has 10 amide bonds. The number of aliphatic carboxylic acids is 2. The maximum absolute atomic E-state index is 14.6. The van der Waals surface area contributed by atoms with Crippen LogP contribution in [0.5, 0.6) is 0 Å². The van der Waals surface area contributed by atoms with E-state index >= 15 is 0 Å². The summed E-state index contributed by atoms with van der Waals surface area (Å²) in [6.45, 7) is 2.71. The molecule has 456 valence electrons. The van der Waals surface area contributed by atoms with E-state index in [9.17, 15) is 67.7 Å². The Morgan fingerprint density at radius 2 is 1.31 bits per heavy atom. The number of likely N-dealkylation sites (tertiary alicyclic amines) is 2. The SMILES string of the molecule is CC[C@H](C)[C@H](NC(=O)CNC(=O)[C@@H]1CCCN1C(=O)[C@@H](N)Cc1cnc[nH]1)C(=O)N[C@@H](C)C(=O)N[C@@H](CCC(=O)O)C(=O)N[C@@H](Cc1ccccc1)C(=O)N1CCC[C@H]1C(=O)N[C@@H](CO)C(=O)N[C@@H](CCCN=C(N)N)C(=O)NCC(=O)O. The lowest BCUT2D eigenvalue weighted by atomic mass is 9.98. The topological polar surface area (TPSA) is 487 Å². The number of aromatic amines is 1. The van der Waals surface area contributed by atoms with Crippen LogP contribution in [0.2, 0.25) is 0 Å². The van der Waals surface area contributed by atoms with Gasteiger partial charge in [0.05, 0.1) is 25.5 Å². The highest BCUT2D eigenvalue weighted by Gasteiger charge is 2.41. The molecule has 1 aromatic carbocycles. The third kappa shape index (κ3) is 21.3. The van der Waals surface area contributed by atoms with E-state index in [4.69, 9.17) is 22.3 Å². The number of imidazole rings is 1. The van der Waals surface area contributed by atoms with E-state index in [2.05, 4.69) is 57.5 Å². The number of carboxylic acids is 2. The molecule has 2 fully saturated rings. The summed E-state index contributed by atoms with van der Waals surface area (Å²) >= 11 is 0. The lowest BCUT2D eigenvalue weighted by molar-refractivity contribution is -0.143. The van der Waals surface area contributed by atoms with Gasteiger partial charge >= 0.3 is 11.9 Å². The van der Waals surface area contributed by atoms with Gasteiger partial charge in [0, 0.05) is 50.8 Å². The molecule has 0 saturated carbocycles. The van der Waals surface area contributed by atoms with Crippen LogP contribution in [0.4, 0.5) is 0 Å². The molecule has 31 nitrogen and oxygen atoms in total. The third-order valence-electron chi connectivity index (χ3n) is 14.0. The number of guanidine groups is 1. The van der Waals surface area contributed by atoms with Gasteiger partial charge in [-0.25, -0.2) is 4.98 Å². The highest BCUT2D eigenvalue weighted by atomic mass is 16.4. The summed E-state index contributed by atoms with van der Waals surface area (Å²) < 4.78 is 0. The van der Waals surface area contributed by atoms with Crippen molar-refractivity contribution in [2.24, 2.45) is 28.1 Å². The second-order valence-electron chi connectivity index (χ2n) is 20.3. The first-order chi connectivity index (χ1) is 39.4. The zero-order chi connectivity index (χ0) is 61.3. The van der Waals surface area contributed by atoms with E-state index in [1.54, 1.807) is 44.2 Å². The first kappa shape index (κ1) is 66.8. The van der Waals surface area contributed by atoms with Crippen LogP contribution in [-0.2, 0) is 70.4 Å². The van der Waals surface area contributed by atoms with E-state index < -0.39 is 164 Å². The van der Waals surface area contributed by atoms with Gasteiger partial charge in [-0.2, -0.15) is 0 Å². The van der Waals surface area contributed by atoms with Gasteiger partial charge in [0.1, 0.15) is 54.9 Å². The molecule has 83 heavy (non-hydrogen) atoms. The third-order valence-corrected chi connectivity index (χ3v) is 14.0. The van der Waals surface area contributed by atoms with E-state index in [0.717, 1.165) is 0 Å². The van der Waals surface area contributed by atoms with Crippen LogP contribution in [0.15, 0.2) is 47.8 Å². The van der Waals surface area contributed by atoms with Crippen molar-refractivity contribution in [3.63, 3.8) is 0 Å². The summed E-state index contributed by atoms with van der Waals surface area (Å²) in [5, 5.41) is 48.6. The van der Waals surface area contributed by atoms with Crippen LogP contribution in [-0.4, -0.2) is 206 Å². The number of nitrogens with two attached hydrogens (primary N) is 3. The number of hydrogen-bond donors (Lipinski definition) is 15. The minimum Gasteiger partial charge on any atom is -0.481 e. The Morgan fingerprint density at radius 1 is 0.699 bits per heavy atom. The van der Waals surface area contributed by atoms with Crippen molar-refractivity contribution in [1.29, 1.82) is 0 Å². The van der Waals surface area contributed by atoms with Crippen LogP contribution >= 0.6 is 0 Å². The Hall–Kier alpha value is -8.74. The number of rotatable bonds is 33. The number of hydrogen-bond acceptors (Lipinski definition) is 16. The summed E-state index contributed by atoms with van der Waals surface area (Å²) in [5.74, 6) is -11.6. The van der Waals surface area contributed by atoms with Crippen molar-refractivity contribution < 1.29 is 72.9 Å². The van der Waals surface area contributed by atoms with Gasteiger partial charge in [0.15, 0.2) is 5.96 Å². The molecule has 0 aliphatic carbocycles. The number of nitrogens with one attached hydrogen (secondary N) is 9. The second kappa shape index (κ2) is 33.2. The lowest BCUT2D eigenvalue weighted by Gasteiger charge is -2.31. The van der Waals surface area contributed by atoms with Crippen LogP contribution in [0.25, 0.3) is 0 Å². The fourth-order valence-electron chi connectivity index (χ4n) is 9.27. The zero-order valence-electron chi connectivity index (χ0n) is 46.6. The molecule has 1 aromatic heterocycles. The number of aromatic nitrogens is 2. The Labute approximate surface area is 478 Å². The lowest BCUT2D eigenvalue weighted by Crippen LogP contribution is -2.60. The monoisotopic (exact) mass is 1170 g/mol. The molecule has 2 aromatic rings. The highest BCUT2D eigenvalue weighted by molar-refractivity contribution is 5.99. The zero-order valence-corrected chi connectivity index (χ0v) is 46.6. The van der Waals surface area contributed by atoms with Gasteiger partial charge in [0.2, 0.25) is 59.1 Å². The molecular formula is C52H78N16O15. The number of carbonyl (C=O) groups excluding carboxylic acids is 10. The van der Waals surface area contributed by atoms with E-state index in [1.807, 2.05) is 0 Å². The van der Waals surface area contributed by atoms with Crippen LogP contribution in [0.1, 0.15) is 89.8 Å². The smallest absolute Gasteiger partial charge is 0.322 e. The number of aliphatic imine (C=N–C) groups is 1. The molecule has 3 heterocycles. The van der Waals surface area contributed by atoms with E-state index in [1.165, 1.54) is 29.2 Å². The van der Waals surface area contributed by atoms with Crippen molar-refractivity contribution in [2.45, 2.75) is 146 Å². The van der Waals surface area contributed by atoms with Gasteiger partial charge in [-0.3, -0.25) is 62.5 Å². The first-order valence-corrected chi connectivity index (χ1v) is 27.3. The number of aliphatic hydroxyl groups excluding tert-OH is 1. The maximum Gasteiger partial charge on any atom is 0.322 e. The van der Waals surface area contributed by atoms with Gasteiger partial charge in [-0.15, -0.1) is 0 Å². The standard InChI is InChI=1S/C52H78N16O15/c1-4-28(2)42(66-39(70)24-58-47(79)37-14-9-19-67(37)50(82)32(53)22-31-23-56-27-60-31)49(81)61-29(3)43(75)62-34(16-17-40(71)72)45(77)64-35(21-30-11-6-5-7-12-30)51(83)68-20-10-15-38(68)48(80)65-36(26-69)46(78)63-33(13-8-18-57-52(54)55)44(76)59-25-41(73)74/h5-7,11-12,23,27-29,32-38,42,69H,4,8-10,13-22,24-26,53H2,1-3H3,(H,56,60)(H,58,79)(H,59,76)(H,61,81)(H,62,75)(H,63,78)(H,64,77)(H,65,80)(H,66,70)(H,71,72)(H,73,74)(H4,54,55,57)/t28-,29-,32-,33-,34-,35-,36-,37-,38-,42-/m0/s1. The Kier molecular flexibility index (Phi) is 26.7. The van der Waals surface area contributed by atoms with Crippen molar-refractivity contribution in [3.05, 3.63) is 54.1 Å². The number of carbonyl (C=O) groups is 12. The molecule has 2 aliphatic heterocycles. The number of aliphatic hydroxyl groups is 1. The van der Waals surface area contributed by atoms with Crippen LogP contribution < -0.4 is 59.7 Å². The van der Waals surface area contributed by atoms with Crippen molar-refractivity contribution in [2.75, 3.05) is 39.3 Å². The predicted molar refractivity (Wildman–Crippen MR) is 294 cm³/mol. The molecule has 31 heteroatoms. The summed E-state index contributed by atoms with van der Waals surface area (Å²) in [6.07, 6.45) is 3.51. The summed E-state index contributed by atoms with van der Waals surface area (Å²) in [7, 11) is 0. The molecule has 0 radical (unpaired) electrons. The van der Waals surface area contributed by atoms with Gasteiger partial charge in [-0.1, -0.05) is 50.6 Å². The number of nitrogens with zero attached hydrogens (tertiary/aromatic N) is 4. The second-order valence-corrected chi connectivity index (χ2v) is 20.3. The quantitative estimate of drug-likeness (QED) is 0.0180. The van der Waals surface area contributed by atoms with Gasteiger partial charge in [-0.05, 0) is 63.4 Å². The maximum atomic E-state index is 14.6. The largest absolute Gasteiger partial charge is 0.481 e. The first-order valence-electron chi connectivity index (χ1n) is 27.3. The van der Waals surface area contributed by atoms with Gasteiger partial charge in [0.25, 0.3) is 0 Å². The van der Waals surface area contributed by atoms with Crippen molar-refractivity contribution in [1.82, 2.24) is 62.3 Å². The Bertz CT molecular complexity index is 2620. The minimum absolute atomic E-state index is 0.00985. The Morgan fingerprint density at radius 3 is 1.92 bits per heavy atom. The predicted octanol–water partition coefficient (Wildman–Crippen LogP) is -5.29. The molecule has 0 bridgehead atoms. The van der Waals surface area contributed by atoms with Crippen LogP contribution in [0, 0.1) is 5.92 Å². The molecule has 4 rings (SSSR count). The summed E-state index contributed by atoms with van der Waals surface area (Å²) in [5.41, 5.74) is 18.1. The molecule has 10 atom stereocenters. The molecule has 2 aliphatic rings. The fraction of sp³-hybridized carbons (Fsp3) is 0.577. The van der Waals surface area contributed by atoms with Crippen LogP contribution in [0.3, 0.4) is 0 Å². The molecule has 0 unspecified atom stereocenters. The number of amides is 10. The number of benzene rings is 1. The summed E-state index contributed by atoms with van der Waals surface area (Å²) in [4.78, 5) is 172. The molecule has 18 N–H and O–H groups in total. The number of H-pyrrole nitrogens is 1. The summed E-state index contributed by atoms with van der Waals surface area (Å²) in [6, 6.07) is -3.42. The van der Waals surface area contributed by atoms with E-state index in [0.29, 0.717) is 30.5 Å². The molecule has 2 saturated heterocycles. The van der Waals surface area contributed by atoms with Crippen molar-refractivity contribution >= 4 is 77.0 Å². The Balaban J connectivity index is 1.43. The van der Waals surface area contributed by atoms with Crippen molar-refractivity contribution in [3.8, 4) is 0 Å².